The third kappa shape index (κ3) is 4.27. The standard InChI is InChI=1S/C23H20Cl3N3O/c1-29(17-5-3-2-4-6-17)23(30)22-27-20(14-7-9-15(24)10-8-14)21(28-22)18-12-11-16(25)13-19(18)26/h2-3,7-13,17H,4-6H2,1H3,(H,27,28). The van der Waals surface area contributed by atoms with E-state index in [1.165, 1.54) is 0 Å². The van der Waals surface area contributed by atoms with Gasteiger partial charge in [0.2, 0.25) is 0 Å². The highest BCUT2D eigenvalue weighted by atomic mass is 35.5. The second-order valence-corrected chi connectivity index (χ2v) is 8.57. The first-order valence-electron chi connectivity index (χ1n) is 9.67. The molecule has 4 nitrogen and oxygen atoms in total. The number of allylic oxidation sites excluding steroid dienone is 1. The second kappa shape index (κ2) is 8.84. The molecule has 0 saturated heterocycles. The molecule has 3 aromatic rings. The quantitative estimate of drug-likeness (QED) is 0.431. The number of carbonyl (C=O) groups is 1. The molecule has 1 amide bonds. The fraction of sp³-hybridized carbons (Fsp3) is 0.217. The minimum Gasteiger partial charge on any atom is -0.336 e. The first-order chi connectivity index (χ1) is 14.4. The lowest BCUT2D eigenvalue weighted by Gasteiger charge is -2.28. The lowest BCUT2D eigenvalue weighted by Crippen LogP contribution is -2.38. The number of hydrogen-bond donors (Lipinski definition) is 1. The highest BCUT2D eigenvalue weighted by Gasteiger charge is 2.26. The molecule has 4 rings (SSSR count). The number of imidazole rings is 1. The molecule has 0 aliphatic heterocycles. The molecular formula is C23H20Cl3N3O. The number of hydrogen-bond acceptors (Lipinski definition) is 2. The van der Waals surface area contributed by atoms with Crippen molar-refractivity contribution in [1.29, 1.82) is 0 Å². The summed E-state index contributed by atoms with van der Waals surface area (Å²) in [5.74, 6) is 0.125. The van der Waals surface area contributed by atoms with Crippen molar-refractivity contribution in [2.75, 3.05) is 7.05 Å². The number of nitrogens with one attached hydrogen (secondary N) is 1. The number of carbonyl (C=O) groups excluding carboxylic acids is 1. The van der Waals surface area contributed by atoms with Crippen molar-refractivity contribution < 1.29 is 4.79 Å². The number of benzene rings is 2. The topological polar surface area (TPSA) is 49.0 Å². The molecule has 0 radical (unpaired) electrons. The smallest absolute Gasteiger partial charge is 0.289 e. The third-order valence-corrected chi connectivity index (χ3v) is 6.13. The van der Waals surface area contributed by atoms with Gasteiger partial charge in [-0.05, 0) is 49.6 Å². The van der Waals surface area contributed by atoms with Crippen molar-refractivity contribution in [2.24, 2.45) is 0 Å². The molecule has 7 heteroatoms. The van der Waals surface area contributed by atoms with Crippen molar-refractivity contribution in [3.63, 3.8) is 0 Å². The van der Waals surface area contributed by atoms with Crippen molar-refractivity contribution in [3.05, 3.63) is 75.5 Å². The first kappa shape index (κ1) is 21.0. The van der Waals surface area contributed by atoms with Crippen LogP contribution in [0.15, 0.2) is 54.6 Å². The van der Waals surface area contributed by atoms with Gasteiger partial charge < -0.3 is 9.88 Å². The van der Waals surface area contributed by atoms with E-state index >= 15 is 0 Å². The van der Waals surface area contributed by atoms with E-state index < -0.39 is 0 Å². The summed E-state index contributed by atoms with van der Waals surface area (Å²) in [5, 5.41) is 1.63. The molecule has 1 heterocycles. The maximum Gasteiger partial charge on any atom is 0.289 e. The summed E-state index contributed by atoms with van der Waals surface area (Å²) in [7, 11) is 1.82. The summed E-state index contributed by atoms with van der Waals surface area (Å²) in [6.45, 7) is 0. The summed E-state index contributed by atoms with van der Waals surface area (Å²) in [5.41, 5.74) is 2.86. The molecule has 1 aromatic heterocycles. The molecule has 0 spiro atoms. The molecule has 0 fully saturated rings. The van der Waals surface area contributed by atoms with Crippen molar-refractivity contribution in [1.82, 2.24) is 14.9 Å². The van der Waals surface area contributed by atoms with E-state index in [1.807, 2.05) is 25.2 Å². The molecule has 1 aliphatic carbocycles. The van der Waals surface area contributed by atoms with Crippen LogP contribution in [0.5, 0.6) is 0 Å². The van der Waals surface area contributed by atoms with E-state index in [9.17, 15) is 4.79 Å². The lowest BCUT2D eigenvalue weighted by molar-refractivity contribution is 0.0712. The fourth-order valence-electron chi connectivity index (χ4n) is 3.64. The van der Waals surface area contributed by atoms with Gasteiger partial charge in [-0.1, -0.05) is 59.1 Å². The predicted molar refractivity (Wildman–Crippen MR) is 123 cm³/mol. The third-order valence-electron chi connectivity index (χ3n) is 5.33. The number of amides is 1. The Morgan fingerprint density at radius 2 is 1.80 bits per heavy atom. The Morgan fingerprint density at radius 3 is 2.47 bits per heavy atom. The van der Waals surface area contributed by atoms with Gasteiger partial charge in [-0.2, -0.15) is 0 Å². The Balaban J connectivity index is 1.78. The van der Waals surface area contributed by atoms with Crippen LogP contribution in [-0.4, -0.2) is 33.9 Å². The summed E-state index contributed by atoms with van der Waals surface area (Å²) in [4.78, 5) is 22.8. The Hall–Kier alpha value is -2.27. The normalized spacial score (nSPS) is 15.9. The Morgan fingerprint density at radius 1 is 1.07 bits per heavy atom. The zero-order chi connectivity index (χ0) is 21.3. The van der Waals surface area contributed by atoms with E-state index in [0.29, 0.717) is 32.0 Å². The first-order valence-corrected chi connectivity index (χ1v) is 10.8. The maximum atomic E-state index is 13.2. The van der Waals surface area contributed by atoms with Gasteiger partial charge in [0.15, 0.2) is 5.82 Å². The Kier molecular flexibility index (Phi) is 6.19. The zero-order valence-electron chi connectivity index (χ0n) is 16.3. The van der Waals surface area contributed by atoms with Gasteiger partial charge in [0.1, 0.15) is 0 Å². The molecule has 30 heavy (non-hydrogen) atoms. The van der Waals surface area contributed by atoms with E-state index in [-0.39, 0.29) is 17.8 Å². The van der Waals surface area contributed by atoms with Gasteiger partial charge in [0.25, 0.3) is 5.91 Å². The minimum absolute atomic E-state index is 0.151. The highest BCUT2D eigenvalue weighted by molar-refractivity contribution is 6.36. The molecule has 1 N–H and O–H groups in total. The van der Waals surface area contributed by atoms with Crippen molar-refractivity contribution in [3.8, 4) is 22.5 Å². The number of aromatic nitrogens is 2. The number of H-pyrrole nitrogens is 1. The van der Waals surface area contributed by atoms with Crippen LogP contribution in [0.2, 0.25) is 15.1 Å². The molecule has 154 valence electrons. The van der Waals surface area contributed by atoms with Gasteiger partial charge in [0, 0.05) is 34.3 Å². The zero-order valence-corrected chi connectivity index (χ0v) is 18.6. The molecule has 1 aliphatic rings. The number of nitrogens with zero attached hydrogens (tertiary/aromatic N) is 2. The van der Waals surface area contributed by atoms with E-state index in [4.69, 9.17) is 34.8 Å². The molecular weight excluding hydrogens is 441 g/mol. The minimum atomic E-state index is -0.151. The van der Waals surface area contributed by atoms with Crippen molar-refractivity contribution in [2.45, 2.75) is 25.3 Å². The number of halogens is 3. The van der Waals surface area contributed by atoms with Gasteiger partial charge in [-0.25, -0.2) is 4.98 Å². The summed E-state index contributed by atoms with van der Waals surface area (Å²) in [6.07, 6.45) is 7.05. The summed E-state index contributed by atoms with van der Waals surface area (Å²) in [6, 6.07) is 12.8. The molecule has 1 atom stereocenters. The van der Waals surface area contributed by atoms with Gasteiger partial charge in [0.05, 0.1) is 16.4 Å². The molecule has 1 unspecified atom stereocenters. The van der Waals surface area contributed by atoms with Crippen LogP contribution in [-0.2, 0) is 0 Å². The van der Waals surface area contributed by atoms with Crippen LogP contribution in [0.1, 0.15) is 29.9 Å². The Bertz CT molecular complexity index is 1110. The van der Waals surface area contributed by atoms with E-state index in [1.54, 1.807) is 29.2 Å². The maximum absolute atomic E-state index is 13.2. The molecule has 2 aromatic carbocycles. The van der Waals surface area contributed by atoms with E-state index in [2.05, 4.69) is 22.1 Å². The SMILES string of the molecule is CN(C(=O)c1nc(-c2ccc(Cl)cc2Cl)c(-c2ccc(Cl)cc2)[nH]1)C1CC=CCC1. The number of aromatic amines is 1. The van der Waals surface area contributed by atoms with Crippen LogP contribution < -0.4 is 0 Å². The van der Waals surface area contributed by atoms with Gasteiger partial charge >= 0.3 is 0 Å². The van der Waals surface area contributed by atoms with Gasteiger partial charge in [-0.3, -0.25) is 4.79 Å². The monoisotopic (exact) mass is 459 g/mol. The highest BCUT2D eigenvalue weighted by Crippen LogP contribution is 2.36. The van der Waals surface area contributed by atoms with Crippen molar-refractivity contribution >= 4 is 40.7 Å². The second-order valence-electron chi connectivity index (χ2n) is 7.29. The summed E-state index contributed by atoms with van der Waals surface area (Å²) < 4.78 is 0. The molecule has 0 bridgehead atoms. The van der Waals surface area contributed by atoms with Gasteiger partial charge in [-0.15, -0.1) is 0 Å². The average Bonchev–Trinajstić information content (AvgIpc) is 3.19. The summed E-state index contributed by atoms with van der Waals surface area (Å²) >= 11 is 18.6. The predicted octanol–water partition coefficient (Wildman–Crippen LogP) is 6.88. The fourth-order valence-corrected chi connectivity index (χ4v) is 4.26. The van der Waals surface area contributed by atoms with Crippen LogP contribution in [0.25, 0.3) is 22.5 Å². The lowest BCUT2D eigenvalue weighted by atomic mass is 10.0. The van der Waals surface area contributed by atoms with E-state index in [0.717, 1.165) is 24.8 Å². The number of rotatable bonds is 4. The van der Waals surface area contributed by atoms with Crippen LogP contribution in [0, 0.1) is 0 Å². The van der Waals surface area contributed by atoms with Crippen LogP contribution in [0.3, 0.4) is 0 Å². The van der Waals surface area contributed by atoms with Crippen LogP contribution in [0.4, 0.5) is 0 Å². The molecule has 0 saturated carbocycles. The Labute approximate surface area is 190 Å². The largest absolute Gasteiger partial charge is 0.336 e. The average molecular weight is 461 g/mol. The van der Waals surface area contributed by atoms with Crippen LogP contribution >= 0.6 is 34.8 Å².